The van der Waals surface area contributed by atoms with E-state index in [2.05, 4.69) is 5.32 Å². The highest BCUT2D eigenvalue weighted by molar-refractivity contribution is 6.12. The van der Waals surface area contributed by atoms with Crippen molar-refractivity contribution in [2.75, 3.05) is 10.2 Å². The summed E-state index contributed by atoms with van der Waals surface area (Å²) in [6, 6.07) is 23.2. The summed E-state index contributed by atoms with van der Waals surface area (Å²) in [6.45, 7) is 0. The molecule has 1 amide bonds. The van der Waals surface area contributed by atoms with Gasteiger partial charge in [-0.15, -0.1) is 0 Å². The first-order chi connectivity index (χ1) is 12.7. The van der Waals surface area contributed by atoms with Crippen molar-refractivity contribution in [3.05, 3.63) is 95.6 Å². The fraction of sp³-hybridized carbons (Fsp3) is 0.0476. The lowest BCUT2D eigenvalue weighted by atomic mass is 9.99. The first-order valence-corrected chi connectivity index (χ1v) is 8.23. The maximum absolute atomic E-state index is 13.2. The average molecular weight is 344 g/mol. The second-order valence-corrected chi connectivity index (χ2v) is 6.00. The summed E-state index contributed by atoms with van der Waals surface area (Å²) in [4.78, 5) is 26.5. The van der Waals surface area contributed by atoms with Crippen molar-refractivity contribution in [2.45, 2.75) is 6.17 Å². The van der Waals surface area contributed by atoms with Crippen LogP contribution in [0.5, 0.6) is 0 Å². The van der Waals surface area contributed by atoms with Crippen molar-refractivity contribution in [1.82, 2.24) is 0 Å². The number of hydrogen-bond acceptors (Lipinski definition) is 3. The second-order valence-electron chi connectivity index (χ2n) is 6.00. The van der Waals surface area contributed by atoms with Gasteiger partial charge in [0.1, 0.15) is 6.17 Å². The Morgan fingerprint density at radius 3 is 2.31 bits per heavy atom. The van der Waals surface area contributed by atoms with Crippen LogP contribution in [0.1, 0.15) is 32.4 Å². The van der Waals surface area contributed by atoms with Gasteiger partial charge < -0.3 is 10.4 Å². The number of rotatable bonds is 3. The van der Waals surface area contributed by atoms with E-state index in [0.717, 1.165) is 0 Å². The first kappa shape index (κ1) is 15.9. The maximum Gasteiger partial charge on any atom is 0.336 e. The molecule has 0 unspecified atom stereocenters. The molecule has 1 aliphatic rings. The molecule has 0 saturated heterocycles. The molecule has 0 bridgehead atoms. The third kappa shape index (κ3) is 2.59. The molecule has 3 aromatic rings. The summed E-state index contributed by atoms with van der Waals surface area (Å²) in [5.41, 5.74) is 2.64. The molecule has 0 saturated carbocycles. The number of para-hydroxylation sites is 2. The molecule has 5 heteroatoms. The van der Waals surface area contributed by atoms with Crippen LogP contribution in [-0.4, -0.2) is 17.0 Å². The van der Waals surface area contributed by atoms with Gasteiger partial charge in [-0.05, 0) is 30.3 Å². The molecule has 128 valence electrons. The number of fused-ring (bicyclic) bond motifs is 1. The summed E-state index contributed by atoms with van der Waals surface area (Å²) in [7, 11) is 0. The van der Waals surface area contributed by atoms with Gasteiger partial charge in [-0.3, -0.25) is 9.69 Å². The summed E-state index contributed by atoms with van der Waals surface area (Å²) >= 11 is 0. The molecule has 1 heterocycles. The van der Waals surface area contributed by atoms with Crippen molar-refractivity contribution < 1.29 is 14.7 Å². The normalized spacial score (nSPS) is 15.9. The Bertz CT molecular complexity index is 985. The molecule has 1 aliphatic heterocycles. The third-order valence-electron chi connectivity index (χ3n) is 4.45. The molecule has 4 rings (SSSR count). The van der Waals surface area contributed by atoms with Crippen LogP contribution in [-0.2, 0) is 0 Å². The minimum Gasteiger partial charge on any atom is -0.478 e. The second kappa shape index (κ2) is 6.37. The molecule has 2 N–H and O–H groups in total. The predicted molar refractivity (Wildman–Crippen MR) is 99.5 cm³/mol. The molecule has 0 fully saturated rings. The van der Waals surface area contributed by atoms with Crippen LogP contribution in [0, 0.1) is 0 Å². The number of hydrogen-bond donors (Lipinski definition) is 2. The topological polar surface area (TPSA) is 69.6 Å². The summed E-state index contributed by atoms with van der Waals surface area (Å²) in [5, 5.41) is 12.9. The van der Waals surface area contributed by atoms with Crippen LogP contribution in [0.3, 0.4) is 0 Å². The zero-order valence-electron chi connectivity index (χ0n) is 13.8. The fourth-order valence-corrected chi connectivity index (χ4v) is 3.26. The molecule has 3 aromatic carbocycles. The van der Waals surface area contributed by atoms with Crippen molar-refractivity contribution in [3.63, 3.8) is 0 Å². The van der Waals surface area contributed by atoms with E-state index < -0.39 is 12.1 Å². The van der Waals surface area contributed by atoms with Crippen LogP contribution >= 0.6 is 0 Å². The van der Waals surface area contributed by atoms with Gasteiger partial charge in [-0.2, -0.15) is 0 Å². The Labute approximate surface area is 150 Å². The van der Waals surface area contributed by atoms with Gasteiger partial charge >= 0.3 is 5.97 Å². The zero-order chi connectivity index (χ0) is 18.1. The van der Waals surface area contributed by atoms with Crippen molar-refractivity contribution in [1.29, 1.82) is 0 Å². The Kier molecular flexibility index (Phi) is 3.89. The minimum atomic E-state index is -1.03. The number of amides is 1. The third-order valence-corrected chi connectivity index (χ3v) is 4.45. The van der Waals surface area contributed by atoms with E-state index in [9.17, 15) is 14.7 Å². The first-order valence-electron chi connectivity index (χ1n) is 8.23. The van der Waals surface area contributed by atoms with E-state index >= 15 is 0 Å². The van der Waals surface area contributed by atoms with E-state index in [0.29, 0.717) is 22.5 Å². The largest absolute Gasteiger partial charge is 0.478 e. The number of carbonyl (C=O) groups is 2. The summed E-state index contributed by atoms with van der Waals surface area (Å²) in [6.07, 6.45) is -0.618. The van der Waals surface area contributed by atoms with Crippen LogP contribution < -0.4 is 10.2 Å². The monoisotopic (exact) mass is 344 g/mol. The van der Waals surface area contributed by atoms with Gasteiger partial charge in [-0.1, -0.05) is 48.5 Å². The Morgan fingerprint density at radius 1 is 0.885 bits per heavy atom. The van der Waals surface area contributed by atoms with Crippen LogP contribution in [0.25, 0.3) is 0 Å². The lowest BCUT2D eigenvalue weighted by Gasteiger charge is -2.38. The van der Waals surface area contributed by atoms with Crippen LogP contribution in [0.2, 0.25) is 0 Å². The lowest BCUT2D eigenvalue weighted by molar-refractivity contribution is 0.0694. The highest BCUT2D eigenvalue weighted by Crippen LogP contribution is 2.37. The molecular weight excluding hydrogens is 328 g/mol. The fourth-order valence-electron chi connectivity index (χ4n) is 3.26. The Morgan fingerprint density at radius 2 is 1.54 bits per heavy atom. The molecule has 0 aliphatic carbocycles. The van der Waals surface area contributed by atoms with Gasteiger partial charge in [0.15, 0.2) is 0 Å². The molecule has 0 radical (unpaired) electrons. The highest BCUT2D eigenvalue weighted by atomic mass is 16.4. The van der Waals surface area contributed by atoms with Gasteiger partial charge in [-0.25, -0.2) is 4.79 Å². The minimum absolute atomic E-state index is 0.165. The SMILES string of the molecule is O=C(O)c1ccccc1[C@@H]1Nc2ccccc2C(=O)N1c1ccccc1. The highest BCUT2D eigenvalue weighted by Gasteiger charge is 2.35. The standard InChI is InChI=1S/C21H16N2O3/c24-20-17-12-6-7-13-18(17)22-19(23(20)14-8-2-1-3-9-14)15-10-4-5-11-16(15)21(25)26/h1-13,19,22H,(H,25,26)/t19-/m1/s1. The van der Waals surface area contributed by atoms with E-state index in [1.165, 1.54) is 0 Å². The van der Waals surface area contributed by atoms with Gasteiger partial charge in [0.25, 0.3) is 5.91 Å². The van der Waals surface area contributed by atoms with Gasteiger partial charge in [0, 0.05) is 16.9 Å². The van der Waals surface area contributed by atoms with Gasteiger partial charge in [0.2, 0.25) is 0 Å². The quantitative estimate of drug-likeness (QED) is 0.749. The number of nitrogens with zero attached hydrogens (tertiary/aromatic N) is 1. The summed E-state index contributed by atoms with van der Waals surface area (Å²) < 4.78 is 0. The Balaban J connectivity index is 1.92. The predicted octanol–water partition coefficient (Wildman–Crippen LogP) is 4.16. The number of carboxylic acid groups (broad SMARTS) is 1. The average Bonchev–Trinajstić information content (AvgIpc) is 2.68. The number of carboxylic acids is 1. The van der Waals surface area contributed by atoms with Crippen LogP contribution in [0.4, 0.5) is 11.4 Å². The number of carbonyl (C=O) groups excluding carboxylic acids is 1. The van der Waals surface area contributed by atoms with E-state index in [1.807, 2.05) is 48.5 Å². The summed E-state index contributed by atoms with van der Waals surface area (Å²) in [5.74, 6) is -1.20. The van der Waals surface area contributed by atoms with Gasteiger partial charge in [0.05, 0.1) is 11.1 Å². The number of nitrogens with one attached hydrogen (secondary N) is 1. The van der Waals surface area contributed by atoms with E-state index in [-0.39, 0.29) is 11.5 Å². The van der Waals surface area contributed by atoms with Crippen LogP contribution in [0.15, 0.2) is 78.9 Å². The van der Waals surface area contributed by atoms with E-state index in [1.54, 1.807) is 35.2 Å². The molecule has 1 atom stereocenters. The Hall–Kier alpha value is -3.60. The number of benzene rings is 3. The number of aromatic carboxylic acids is 1. The molecule has 0 aromatic heterocycles. The number of anilines is 2. The smallest absolute Gasteiger partial charge is 0.336 e. The van der Waals surface area contributed by atoms with Crippen molar-refractivity contribution in [3.8, 4) is 0 Å². The lowest BCUT2D eigenvalue weighted by Crippen LogP contribution is -2.43. The van der Waals surface area contributed by atoms with Crippen molar-refractivity contribution in [2.24, 2.45) is 0 Å². The van der Waals surface area contributed by atoms with Crippen molar-refractivity contribution >= 4 is 23.3 Å². The molecule has 26 heavy (non-hydrogen) atoms. The molecule has 5 nitrogen and oxygen atoms in total. The van der Waals surface area contributed by atoms with E-state index in [4.69, 9.17) is 0 Å². The zero-order valence-corrected chi connectivity index (χ0v) is 13.8. The maximum atomic E-state index is 13.2. The molecule has 0 spiro atoms. The molecular formula is C21H16N2O3.